The largest absolute Gasteiger partial charge is 0.399 e. The third kappa shape index (κ3) is 4.39. The zero-order valence-electron chi connectivity index (χ0n) is 15.5. The third-order valence-corrected chi connectivity index (χ3v) is 3.59. The van der Waals surface area contributed by atoms with E-state index in [-0.39, 0.29) is 0 Å². The van der Waals surface area contributed by atoms with Crippen molar-refractivity contribution in [3.63, 3.8) is 0 Å². The van der Waals surface area contributed by atoms with Gasteiger partial charge in [0.1, 0.15) is 12.1 Å². The lowest BCUT2D eigenvalue weighted by Crippen LogP contribution is -1.96. The molecule has 0 bridgehead atoms. The summed E-state index contributed by atoms with van der Waals surface area (Å²) < 4.78 is 0. The van der Waals surface area contributed by atoms with E-state index < -0.39 is 0 Å². The second kappa shape index (κ2) is 9.22. The van der Waals surface area contributed by atoms with Gasteiger partial charge in [-0.2, -0.15) is 0 Å². The number of allylic oxidation sites excluding steroid dienone is 1. The van der Waals surface area contributed by atoms with E-state index in [1.54, 1.807) is 12.4 Å². The zero-order valence-corrected chi connectivity index (χ0v) is 15.5. The standard InChI is InChI=1S/C19H19N5.C2H6/c1-3-6-15-16(11-21-17(15)4-2)18-10-19(23-12-22-18)24-14-8-5-7-13(20)9-14;1-2/h3-12,21H,2,20H2,1H3,(H,22,23,24);1-2H3/b6-3-;. The number of hydrogen-bond donors (Lipinski definition) is 3. The summed E-state index contributed by atoms with van der Waals surface area (Å²) in [4.78, 5) is 11.9. The Balaban J connectivity index is 0.00000117. The number of rotatable bonds is 5. The predicted octanol–water partition coefficient (Wildman–Crippen LogP) is 5.50. The second-order valence-electron chi connectivity index (χ2n) is 5.27. The number of aromatic amines is 1. The van der Waals surface area contributed by atoms with Crippen molar-refractivity contribution in [2.24, 2.45) is 0 Å². The molecule has 2 aromatic heterocycles. The summed E-state index contributed by atoms with van der Waals surface area (Å²) in [6.45, 7) is 9.82. The number of nitrogens with two attached hydrogens (primary N) is 1. The lowest BCUT2D eigenvalue weighted by molar-refractivity contribution is 1.17. The molecule has 0 fully saturated rings. The number of nitrogen functional groups attached to an aromatic ring is 1. The summed E-state index contributed by atoms with van der Waals surface area (Å²) >= 11 is 0. The minimum Gasteiger partial charge on any atom is -0.399 e. The second-order valence-corrected chi connectivity index (χ2v) is 5.27. The first-order valence-electron chi connectivity index (χ1n) is 8.62. The molecule has 0 spiro atoms. The van der Waals surface area contributed by atoms with Gasteiger partial charge >= 0.3 is 0 Å². The Morgan fingerprint density at radius 1 is 1.19 bits per heavy atom. The van der Waals surface area contributed by atoms with Crippen molar-refractivity contribution in [2.45, 2.75) is 20.8 Å². The molecule has 0 aliphatic rings. The number of nitrogens with zero attached hydrogens (tertiary/aromatic N) is 2. The minimum atomic E-state index is 0.700. The molecule has 0 amide bonds. The highest BCUT2D eigenvalue weighted by atomic mass is 15.0. The van der Waals surface area contributed by atoms with Gasteiger partial charge in [-0.25, -0.2) is 9.97 Å². The van der Waals surface area contributed by atoms with Crippen LogP contribution in [0.5, 0.6) is 0 Å². The fraction of sp³-hybridized carbons (Fsp3) is 0.143. The van der Waals surface area contributed by atoms with E-state index in [2.05, 4.69) is 26.8 Å². The van der Waals surface area contributed by atoms with Crippen LogP contribution in [0, 0.1) is 0 Å². The Labute approximate surface area is 154 Å². The first kappa shape index (κ1) is 19.0. The molecule has 0 saturated heterocycles. The molecule has 5 nitrogen and oxygen atoms in total. The van der Waals surface area contributed by atoms with Crippen LogP contribution in [-0.2, 0) is 0 Å². The van der Waals surface area contributed by atoms with Crippen molar-refractivity contribution >= 4 is 29.3 Å². The Morgan fingerprint density at radius 2 is 2.00 bits per heavy atom. The van der Waals surface area contributed by atoms with Gasteiger partial charge in [-0.3, -0.25) is 0 Å². The molecule has 0 saturated carbocycles. The monoisotopic (exact) mass is 347 g/mol. The fourth-order valence-electron chi connectivity index (χ4n) is 2.51. The van der Waals surface area contributed by atoms with Gasteiger partial charge in [0.25, 0.3) is 0 Å². The van der Waals surface area contributed by atoms with Gasteiger partial charge in [-0.1, -0.05) is 38.6 Å². The van der Waals surface area contributed by atoms with Crippen LogP contribution in [0.1, 0.15) is 32.0 Å². The molecule has 4 N–H and O–H groups in total. The lowest BCUT2D eigenvalue weighted by Gasteiger charge is -2.07. The molecule has 0 radical (unpaired) electrons. The predicted molar refractivity (Wildman–Crippen MR) is 112 cm³/mol. The lowest BCUT2D eigenvalue weighted by atomic mass is 10.1. The van der Waals surface area contributed by atoms with Gasteiger partial charge in [-0.15, -0.1) is 0 Å². The molecule has 3 aromatic rings. The van der Waals surface area contributed by atoms with Crippen LogP contribution in [0.4, 0.5) is 17.2 Å². The highest BCUT2D eigenvalue weighted by Gasteiger charge is 2.11. The molecular weight excluding hydrogens is 322 g/mol. The van der Waals surface area contributed by atoms with Gasteiger partial charge in [0.05, 0.1) is 5.69 Å². The van der Waals surface area contributed by atoms with Crippen molar-refractivity contribution in [1.82, 2.24) is 15.0 Å². The van der Waals surface area contributed by atoms with Crippen LogP contribution in [0.2, 0.25) is 0 Å². The number of nitrogens with one attached hydrogen (secondary N) is 2. The molecule has 5 heteroatoms. The smallest absolute Gasteiger partial charge is 0.134 e. The van der Waals surface area contributed by atoms with E-state index in [1.165, 1.54) is 0 Å². The van der Waals surface area contributed by atoms with E-state index in [4.69, 9.17) is 5.73 Å². The maximum Gasteiger partial charge on any atom is 0.134 e. The number of aromatic nitrogens is 3. The van der Waals surface area contributed by atoms with E-state index in [1.807, 2.05) is 69.5 Å². The summed E-state index contributed by atoms with van der Waals surface area (Å²) in [5.41, 5.74) is 11.2. The molecule has 134 valence electrons. The van der Waals surface area contributed by atoms with Crippen LogP contribution >= 0.6 is 0 Å². The molecular formula is C21H25N5. The van der Waals surface area contributed by atoms with Crippen LogP contribution in [0.15, 0.2) is 55.5 Å². The number of anilines is 3. The van der Waals surface area contributed by atoms with Crippen LogP contribution in [0.3, 0.4) is 0 Å². The van der Waals surface area contributed by atoms with Crippen LogP contribution in [0.25, 0.3) is 23.4 Å². The molecule has 3 rings (SSSR count). The van der Waals surface area contributed by atoms with Crippen molar-refractivity contribution in [2.75, 3.05) is 11.1 Å². The van der Waals surface area contributed by atoms with Crippen molar-refractivity contribution in [1.29, 1.82) is 0 Å². The summed E-state index contributed by atoms with van der Waals surface area (Å²) in [6.07, 6.45) is 9.30. The fourth-order valence-corrected chi connectivity index (χ4v) is 2.51. The normalized spacial score (nSPS) is 10.3. The maximum atomic E-state index is 5.81. The third-order valence-electron chi connectivity index (χ3n) is 3.59. The summed E-state index contributed by atoms with van der Waals surface area (Å²) in [6, 6.07) is 9.45. The number of H-pyrrole nitrogens is 1. The van der Waals surface area contributed by atoms with Gasteiger partial charge in [0, 0.05) is 40.5 Å². The van der Waals surface area contributed by atoms with Gasteiger partial charge < -0.3 is 16.0 Å². The molecule has 2 heterocycles. The Bertz CT molecular complexity index is 893. The van der Waals surface area contributed by atoms with Gasteiger partial charge in [0.15, 0.2) is 0 Å². The highest BCUT2D eigenvalue weighted by molar-refractivity contribution is 5.79. The van der Waals surface area contributed by atoms with Crippen LogP contribution < -0.4 is 11.1 Å². The quantitative estimate of drug-likeness (QED) is 0.532. The Morgan fingerprint density at radius 3 is 2.69 bits per heavy atom. The van der Waals surface area contributed by atoms with Gasteiger partial charge in [-0.05, 0) is 31.2 Å². The molecule has 0 unspecified atom stereocenters. The first-order valence-corrected chi connectivity index (χ1v) is 8.62. The SMILES string of the molecule is C=Cc1[nH]cc(-c2cc(Nc3cccc(N)c3)ncn2)c1/C=C\C.CC. The highest BCUT2D eigenvalue weighted by Crippen LogP contribution is 2.28. The topological polar surface area (TPSA) is 79.6 Å². The average Bonchev–Trinajstić information content (AvgIpc) is 3.07. The van der Waals surface area contributed by atoms with Crippen LogP contribution in [-0.4, -0.2) is 15.0 Å². The van der Waals surface area contributed by atoms with E-state index in [0.29, 0.717) is 11.5 Å². The summed E-state index contributed by atoms with van der Waals surface area (Å²) in [7, 11) is 0. The van der Waals surface area contributed by atoms with Crippen molar-refractivity contribution in [3.05, 3.63) is 66.8 Å². The molecule has 26 heavy (non-hydrogen) atoms. The average molecular weight is 347 g/mol. The molecule has 0 atom stereocenters. The van der Waals surface area contributed by atoms with E-state index in [0.717, 1.165) is 28.2 Å². The minimum absolute atomic E-state index is 0.700. The van der Waals surface area contributed by atoms with Crippen molar-refractivity contribution in [3.8, 4) is 11.3 Å². The van der Waals surface area contributed by atoms with E-state index >= 15 is 0 Å². The zero-order chi connectivity index (χ0) is 18.9. The number of hydrogen-bond acceptors (Lipinski definition) is 4. The molecule has 0 aliphatic heterocycles. The molecule has 0 aliphatic carbocycles. The summed E-state index contributed by atoms with van der Waals surface area (Å²) in [5, 5.41) is 3.25. The first-order chi connectivity index (χ1) is 12.7. The van der Waals surface area contributed by atoms with Gasteiger partial charge in [0.2, 0.25) is 0 Å². The Hall–Kier alpha value is -3.34. The maximum absolute atomic E-state index is 5.81. The Kier molecular flexibility index (Phi) is 6.74. The molecule has 1 aromatic carbocycles. The number of benzene rings is 1. The van der Waals surface area contributed by atoms with Crippen molar-refractivity contribution < 1.29 is 0 Å². The van der Waals surface area contributed by atoms with E-state index in [9.17, 15) is 0 Å². The summed E-state index contributed by atoms with van der Waals surface area (Å²) in [5.74, 6) is 0.707.